The second-order valence-corrected chi connectivity index (χ2v) is 3.08. The summed E-state index contributed by atoms with van der Waals surface area (Å²) >= 11 is 0. The Morgan fingerprint density at radius 2 is 1.92 bits per heavy atom. The molecular formula is C12H20O. The Balaban J connectivity index is 3.11. The summed E-state index contributed by atoms with van der Waals surface area (Å²) in [5, 5.41) is 8.36. The molecule has 0 radical (unpaired) electrons. The van der Waals surface area contributed by atoms with E-state index in [2.05, 4.69) is 24.8 Å². The van der Waals surface area contributed by atoms with Gasteiger partial charge in [0, 0.05) is 0 Å². The van der Waals surface area contributed by atoms with Gasteiger partial charge in [-0.1, -0.05) is 50.5 Å². The van der Waals surface area contributed by atoms with Crippen molar-refractivity contribution in [2.24, 2.45) is 0 Å². The molecule has 0 aromatic carbocycles. The van der Waals surface area contributed by atoms with Crippen molar-refractivity contribution in [1.29, 1.82) is 0 Å². The SMILES string of the molecule is CCCCCCC/C=C/C#CCO. The molecule has 1 N–H and O–H groups in total. The number of unbranched alkanes of at least 4 members (excludes halogenated alkanes) is 5. The monoisotopic (exact) mass is 180 g/mol. The first-order valence-electron chi connectivity index (χ1n) is 5.16. The molecule has 0 bridgehead atoms. The third-order valence-corrected chi connectivity index (χ3v) is 1.86. The van der Waals surface area contributed by atoms with Crippen LogP contribution >= 0.6 is 0 Å². The number of aliphatic hydroxyl groups excluding tert-OH is 1. The van der Waals surface area contributed by atoms with Gasteiger partial charge in [-0.05, 0) is 18.9 Å². The highest BCUT2D eigenvalue weighted by Crippen LogP contribution is 2.04. The van der Waals surface area contributed by atoms with E-state index >= 15 is 0 Å². The molecule has 0 aliphatic carbocycles. The van der Waals surface area contributed by atoms with Gasteiger partial charge >= 0.3 is 0 Å². The van der Waals surface area contributed by atoms with Gasteiger partial charge in [0.15, 0.2) is 0 Å². The van der Waals surface area contributed by atoms with Crippen LogP contribution in [0, 0.1) is 11.8 Å². The quantitative estimate of drug-likeness (QED) is 0.492. The molecule has 0 heterocycles. The molecule has 0 aromatic rings. The molecule has 1 nitrogen and oxygen atoms in total. The van der Waals surface area contributed by atoms with Gasteiger partial charge in [-0.15, -0.1) is 0 Å². The summed E-state index contributed by atoms with van der Waals surface area (Å²) in [7, 11) is 0. The zero-order valence-corrected chi connectivity index (χ0v) is 8.55. The Morgan fingerprint density at radius 3 is 2.62 bits per heavy atom. The number of hydrogen-bond acceptors (Lipinski definition) is 1. The molecule has 1 heteroatoms. The standard InChI is InChI=1S/C12H20O/c1-2-3-4-5-6-7-8-9-10-11-12-13/h8-9,13H,2-7,12H2,1H3/b9-8+. The van der Waals surface area contributed by atoms with E-state index < -0.39 is 0 Å². The lowest BCUT2D eigenvalue weighted by Crippen LogP contribution is -1.75. The lowest BCUT2D eigenvalue weighted by Gasteiger charge is -1.94. The molecule has 0 atom stereocenters. The molecule has 0 rings (SSSR count). The highest BCUT2D eigenvalue weighted by Gasteiger charge is 1.85. The maximum Gasteiger partial charge on any atom is 0.104 e. The smallest absolute Gasteiger partial charge is 0.104 e. The first-order valence-corrected chi connectivity index (χ1v) is 5.16. The third-order valence-electron chi connectivity index (χ3n) is 1.86. The fraction of sp³-hybridized carbons (Fsp3) is 0.667. The average molecular weight is 180 g/mol. The summed E-state index contributed by atoms with van der Waals surface area (Å²) in [6.45, 7) is 2.19. The summed E-state index contributed by atoms with van der Waals surface area (Å²) < 4.78 is 0. The normalized spacial score (nSPS) is 10.0. The second kappa shape index (κ2) is 11.3. The molecule has 0 unspecified atom stereocenters. The number of allylic oxidation sites excluding steroid dienone is 2. The van der Waals surface area contributed by atoms with Crippen LogP contribution in [0.4, 0.5) is 0 Å². The Morgan fingerprint density at radius 1 is 1.15 bits per heavy atom. The molecule has 0 fully saturated rings. The largest absolute Gasteiger partial charge is 0.384 e. The zero-order chi connectivity index (χ0) is 9.78. The summed E-state index contributed by atoms with van der Waals surface area (Å²) in [6, 6.07) is 0. The summed E-state index contributed by atoms with van der Waals surface area (Å²) in [5.41, 5.74) is 0. The van der Waals surface area contributed by atoms with Gasteiger partial charge in [-0.3, -0.25) is 0 Å². The van der Waals surface area contributed by atoms with E-state index in [-0.39, 0.29) is 6.61 Å². The Kier molecular flexibility index (Phi) is 10.6. The molecular weight excluding hydrogens is 160 g/mol. The lowest BCUT2D eigenvalue weighted by atomic mass is 10.1. The minimum atomic E-state index is -0.0408. The molecule has 0 spiro atoms. The van der Waals surface area contributed by atoms with Crippen LogP contribution in [0.5, 0.6) is 0 Å². The van der Waals surface area contributed by atoms with Crippen molar-refractivity contribution in [3.05, 3.63) is 12.2 Å². The molecule has 0 aromatic heterocycles. The highest BCUT2D eigenvalue weighted by atomic mass is 16.2. The van der Waals surface area contributed by atoms with Gasteiger partial charge in [-0.2, -0.15) is 0 Å². The molecule has 13 heavy (non-hydrogen) atoms. The van der Waals surface area contributed by atoms with Gasteiger partial charge < -0.3 is 5.11 Å². The van der Waals surface area contributed by atoms with Crippen molar-refractivity contribution < 1.29 is 5.11 Å². The van der Waals surface area contributed by atoms with Gasteiger partial charge in [0.2, 0.25) is 0 Å². The van der Waals surface area contributed by atoms with Crippen molar-refractivity contribution in [1.82, 2.24) is 0 Å². The van der Waals surface area contributed by atoms with Gasteiger partial charge in [-0.25, -0.2) is 0 Å². The molecule has 0 saturated heterocycles. The Hall–Kier alpha value is -0.740. The predicted molar refractivity (Wildman–Crippen MR) is 57.4 cm³/mol. The number of rotatable bonds is 6. The fourth-order valence-electron chi connectivity index (χ4n) is 1.11. The maximum atomic E-state index is 8.36. The zero-order valence-electron chi connectivity index (χ0n) is 8.55. The van der Waals surface area contributed by atoms with E-state index in [9.17, 15) is 0 Å². The van der Waals surface area contributed by atoms with E-state index in [0.29, 0.717) is 0 Å². The van der Waals surface area contributed by atoms with Crippen LogP contribution in [0.1, 0.15) is 45.4 Å². The van der Waals surface area contributed by atoms with E-state index in [1.54, 1.807) is 0 Å². The summed E-state index contributed by atoms with van der Waals surface area (Å²) in [4.78, 5) is 0. The van der Waals surface area contributed by atoms with Crippen molar-refractivity contribution in [2.75, 3.05) is 6.61 Å². The van der Waals surface area contributed by atoms with Crippen LogP contribution in [-0.2, 0) is 0 Å². The van der Waals surface area contributed by atoms with Crippen molar-refractivity contribution in [3.63, 3.8) is 0 Å². The maximum absolute atomic E-state index is 8.36. The highest BCUT2D eigenvalue weighted by molar-refractivity contribution is 5.14. The predicted octanol–water partition coefficient (Wildman–Crippen LogP) is 2.90. The third kappa shape index (κ3) is 11.3. The second-order valence-electron chi connectivity index (χ2n) is 3.08. The first-order chi connectivity index (χ1) is 6.41. The van der Waals surface area contributed by atoms with Crippen LogP contribution in [0.15, 0.2) is 12.2 Å². The Bertz CT molecular complexity index is 171. The van der Waals surface area contributed by atoms with Gasteiger partial charge in [0.25, 0.3) is 0 Å². The molecule has 0 saturated carbocycles. The lowest BCUT2D eigenvalue weighted by molar-refractivity contribution is 0.350. The molecule has 0 aliphatic heterocycles. The van der Waals surface area contributed by atoms with Crippen LogP contribution in [0.25, 0.3) is 0 Å². The Labute approximate surface area is 81.9 Å². The first kappa shape index (κ1) is 12.3. The van der Waals surface area contributed by atoms with Crippen molar-refractivity contribution in [3.8, 4) is 11.8 Å². The summed E-state index contributed by atoms with van der Waals surface area (Å²) in [5.74, 6) is 5.33. The molecule has 74 valence electrons. The van der Waals surface area contributed by atoms with Crippen LogP contribution in [0.2, 0.25) is 0 Å². The minimum Gasteiger partial charge on any atom is -0.384 e. The molecule has 0 aliphatic rings. The topological polar surface area (TPSA) is 20.2 Å². The van der Waals surface area contributed by atoms with E-state index in [0.717, 1.165) is 6.42 Å². The minimum absolute atomic E-state index is 0.0408. The van der Waals surface area contributed by atoms with E-state index in [4.69, 9.17) is 5.11 Å². The molecule has 0 amide bonds. The van der Waals surface area contributed by atoms with Crippen LogP contribution < -0.4 is 0 Å². The van der Waals surface area contributed by atoms with E-state index in [1.165, 1.54) is 32.1 Å². The summed E-state index contributed by atoms with van der Waals surface area (Å²) in [6.07, 6.45) is 11.6. The number of aliphatic hydroxyl groups is 1. The van der Waals surface area contributed by atoms with Gasteiger partial charge in [0.05, 0.1) is 0 Å². The van der Waals surface area contributed by atoms with Crippen LogP contribution in [-0.4, -0.2) is 11.7 Å². The van der Waals surface area contributed by atoms with Crippen molar-refractivity contribution in [2.45, 2.75) is 45.4 Å². The van der Waals surface area contributed by atoms with Gasteiger partial charge in [0.1, 0.15) is 6.61 Å². The van der Waals surface area contributed by atoms with Crippen LogP contribution in [0.3, 0.4) is 0 Å². The van der Waals surface area contributed by atoms with E-state index in [1.807, 2.05) is 6.08 Å². The average Bonchev–Trinajstić information content (AvgIpc) is 2.16. The fourth-order valence-corrected chi connectivity index (χ4v) is 1.11. The number of hydrogen-bond donors (Lipinski definition) is 1. The van der Waals surface area contributed by atoms with Crippen molar-refractivity contribution >= 4 is 0 Å².